The van der Waals surface area contributed by atoms with E-state index in [9.17, 15) is 18.0 Å². The van der Waals surface area contributed by atoms with Crippen molar-refractivity contribution in [2.75, 3.05) is 11.8 Å². The van der Waals surface area contributed by atoms with Crippen LogP contribution in [0.2, 0.25) is 0 Å². The van der Waals surface area contributed by atoms with Crippen LogP contribution in [0.3, 0.4) is 0 Å². The van der Waals surface area contributed by atoms with Crippen LogP contribution in [0.15, 0.2) is 6.07 Å². The van der Waals surface area contributed by atoms with E-state index < -0.39 is 27.2 Å². The van der Waals surface area contributed by atoms with Crippen LogP contribution in [0.4, 0.5) is 5.82 Å². The van der Waals surface area contributed by atoms with Gasteiger partial charge >= 0.3 is 11.9 Å². The standard InChI is InChI=1S/C8H11N3O6S/c1-4(8(14)17-2)18(15,16)11-6-3-5(7(12)13)9-10-6/h3-4H,1-2H3,(H,12,13)(H2,9,10,11). The van der Waals surface area contributed by atoms with Gasteiger partial charge in [0, 0.05) is 6.07 Å². The lowest BCUT2D eigenvalue weighted by Gasteiger charge is -2.10. The highest BCUT2D eigenvalue weighted by atomic mass is 32.2. The van der Waals surface area contributed by atoms with Gasteiger partial charge in [0.1, 0.15) is 5.69 Å². The Balaban J connectivity index is 2.88. The molecule has 0 saturated heterocycles. The Morgan fingerprint density at radius 3 is 2.61 bits per heavy atom. The first kappa shape index (κ1) is 14.0. The van der Waals surface area contributed by atoms with Crippen LogP contribution < -0.4 is 4.72 Å². The third-order valence-electron chi connectivity index (χ3n) is 2.05. The van der Waals surface area contributed by atoms with Gasteiger partial charge in [-0.25, -0.2) is 13.2 Å². The summed E-state index contributed by atoms with van der Waals surface area (Å²) in [6.45, 7) is 1.14. The number of hydrogen-bond donors (Lipinski definition) is 3. The highest BCUT2D eigenvalue weighted by Crippen LogP contribution is 2.11. The van der Waals surface area contributed by atoms with Crippen molar-refractivity contribution < 1.29 is 27.9 Å². The number of sulfonamides is 1. The van der Waals surface area contributed by atoms with Crippen molar-refractivity contribution in [3.8, 4) is 0 Å². The molecule has 0 saturated carbocycles. The number of aromatic nitrogens is 2. The van der Waals surface area contributed by atoms with E-state index in [0.717, 1.165) is 20.1 Å². The number of methoxy groups -OCH3 is 1. The molecule has 0 aliphatic carbocycles. The van der Waals surface area contributed by atoms with Gasteiger partial charge in [-0.15, -0.1) is 0 Å². The molecule has 10 heteroatoms. The number of nitrogens with zero attached hydrogens (tertiary/aromatic N) is 1. The molecular weight excluding hydrogens is 266 g/mol. The minimum absolute atomic E-state index is 0.219. The molecule has 1 unspecified atom stereocenters. The monoisotopic (exact) mass is 277 g/mol. The first-order valence-electron chi connectivity index (χ1n) is 4.66. The molecule has 1 aromatic rings. The van der Waals surface area contributed by atoms with Gasteiger partial charge in [-0.05, 0) is 6.92 Å². The second-order valence-corrected chi connectivity index (χ2v) is 5.29. The minimum Gasteiger partial charge on any atom is -0.477 e. The van der Waals surface area contributed by atoms with Gasteiger partial charge in [0.2, 0.25) is 10.0 Å². The maximum absolute atomic E-state index is 11.7. The fraction of sp³-hybridized carbons (Fsp3) is 0.375. The second kappa shape index (κ2) is 5.04. The number of aromatic carboxylic acids is 1. The number of carbonyl (C=O) groups is 2. The average Bonchev–Trinajstić information content (AvgIpc) is 2.74. The van der Waals surface area contributed by atoms with Crippen LogP contribution in [-0.2, 0) is 19.6 Å². The molecule has 0 aromatic carbocycles. The number of H-pyrrole nitrogens is 1. The van der Waals surface area contributed by atoms with E-state index in [2.05, 4.69) is 14.9 Å². The Hall–Kier alpha value is -2.10. The quantitative estimate of drug-likeness (QED) is 0.611. The van der Waals surface area contributed by atoms with Crippen LogP contribution in [0.1, 0.15) is 17.4 Å². The summed E-state index contributed by atoms with van der Waals surface area (Å²) in [4.78, 5) is 21.6. The van der Waals surface area contributed by atoms with Gasteiger partial charge in [-0.3, -0.25) is 14.6 Å². The molecule has 1 rings (SSSR count). The number of ether oxygens (including phenoxy) is 1. The second-order valence-electron chi connectivity index (χ2n) is 3.28. The number of carboxylic acids is 1. The van der Waals surface area contributed by atoms with E-state index >= 15 is 0 Å². The summed E-state index contributed by atoms with van der Waals surface area (Å²) in [6.07, 6.45) is 0. The summed E-state index contributed by atoms with van der Waals surface area (Å²) in [6, 6.07) is 0.990. The minimum atomic E-state index is -4.04. The van der Waals surface area contributed by atoms with Crippen LogP contribution >= 0.6 is 0 Å². The fourth-order valence-electron chi connectivity index (χ4n) is 1.01. The van der Waals surface area contributed by atoms with Crippen LogP contribution in [-0.4, -0.2) is 48.0 Å². The maximum Gasteiger partial charge on any atom is 0.353 e. The summed E-state index contributed by atoms with van der Waals surface area (Å²) in [5.74, 6) is -2.44. The molecule has 18 heavy (non-hydrogen) atoms. The normalized spacial score (nSPS) is 12.8. The number of hydrogen-bond acceptors (Lipinski definition) is 6. The van der Waals surface area contributed by atoms with Gasteiger partial charge in [-0.1, -0.05) is 0 Å². The zero-order chi connectivity index (χ0) is 13.9. The highest BCUT2D eigenvalue weighted by molar-refractivity contribution is 7.94. The Morgan fingerprint density at radius 1 is 1.56 bits per heavy atom. The molecule has 0 radical (unpaired) electrons. The first-order chi connectivity index (χ1) is 8.27. The molecule has 0 aliphatic rings. The Morgan fingerprint density at radius 2 is 2.17 bits per heavy atom. The number of rotatable bonds is 5. The molecule has 0 spiro atoms. The van der Waals surface area contributed by atoms with Gasteiger partial charge < -0.3 is 9.84 Å². The molecule has 100 valence electrons. The summed E-state index contributed by atoms with van der Waals surface area (Å²) in [7, 11) is -2.98. The largest absolute Gasteiger partial charge is 0.477 e. The van der Waals surface area contributed by atoms with Crippen LogP contribution in [0, 0.1) is 0 Å². The van der Waals surface area contributed by atoms with Crippen LogP contribution in [0.5, 0.6) is 0 Å². The number of esters is 1. The predicted molar refractivity (Wildman–Crippen MR) is 59.6 cm³/mol. The molecule has 0 bridgehead atoms. The van der Waals surface area contributed by atoms with Crippen molar-refractivity contribution in [3.05, 3.63) is 11.8 Å². The summed E-state index contributed by atoms with van der Waals surface area (Å²) in [5.41, 5.74) is -0.279. The topological polar surface area (TPSA) is 138 Å². The molecule has 1 aromatic heterocycles. The maximum atomic E-state index is 11.7. The van der Waals surface area contributed by atoms with Crippen molar-refractivity contribution in [3.63, 3.8) is 0 Å². The Labute approximate surface area is 102 Å². The number of nitrogens with one attached hydrogen (secondary N) is 2. The summed E-state index contributed by atoms with van der Waals surface area (Å²) >= 11 is 0. The first-order valence-corrected chi connectivity index (χ1v) is 6.20. The number of aromatic amines is 1. The van der Waals surface area contributed by atoms with Crippen molar-refractivity contribution >= 4 is 27.8 Å². The van der Waals surface area contributed by atoms with Crippen molar-refractivity contribution in [2.45, 2.75) is 12.2 Å². The SMILES string of the molecule is COC(=O)C(C)S(=O)(=O)Nc1cc(C(=O)O)[nH]n1. The summed E-state index contributed by atoms with van der Waals surface area (Å²) < 4.78 is 29.6. The molecular formula is C8H11N3O6S. The molecule has 0 fully saturated rings. The summed E-state index contributed by atoms with van der Waals surface area (Å²) in [5, 5.41) is 12.7. The third-order valence-corrected chi connectivity index (χ3v) is 3.67. The van der Waals surface area contributed by atoms with Crippen molar-refractivity contribution in [1.82, 2.24) is 10.2 Å². The number of anilines is 1. The average molecular weight is 277 g/mol. The lowest BCUT2D eigenvalue weighted by Crippen LogP contribution is -2.33. The Bertz CT molecular complexity index is 563. The molecule has 3 N–H and O–H groups in total. The number of carboxylic acid groups (broad SMARTS) is 1. The van der Waals surface area contributed by atoms with Crippen molar-refractivity contribution in [1.29, 1.82) is 0 Å². The van der Waals surface area contributed by atoms with Gasteiger partial charge in [0.25, 0.3) is 0 Å². The van der Waals surface area contributed by atoms with E-state index in [4.69, 9.17) is 5.11 Å². The van der Waals surface area contributed by atoms with E-state index in [1.54, 1.807) is 0 Å². The van der Waals surface area contributed by atoms with Gasteiger partial charge in [0.15, 0.2) is 11.1 Å². The smallest absolute Gasteiger partial charge is 0.353 e. The van der Waals surface area contributed by atoms with E-state index in [1.165, 1.54) is 0 Å². The lowest BCUT2D eigenvalue weighted by molar-refractivity contribution is -0.139. The van der Waals surface area contributed by atoms with Gasteiger partial charge in [-0.2, -0.15) is 5.10 Å². The number of carbonyl (C=O) groups excluding carboxylic acids is 1. The van der Waals surface area contributed by atoms with E-state index in [0.29, 0.717) is 0 Å². The van der Waals surface area contributed by atoms with Crippen molar-refractivity contribution in [2.24, 2.45) is 0 Å². The molecule has 1 heterocycles. The highest BCUT2D eigenvalue weighted by Gasteiger charge is 2.29. The predicted octanol–water partition coefficient (Wildman–Crippen LogP) is -0.589. The molecule has 9 nitrogen and oxygen atoms in total. The van der Waals surface area contributed by atoms with Crippen LogP contribution in [0.25, 0.3) is 0 Å². The van der Waals surface area contributed by atoms with E-state index in [1.807, 2.05) is 4.72 Å². The van der Waals surface area contributed by atoms with E-state index in [-0.39, 0.29) is 11.5 Å². The molecule has 0 amide bonds. The third kappa shape index (κ3) is 2.97. The zero-order valence-corrected chi connectivity index (χ0v) is 10.3. The zero-order valence-electron chi connectivity index (χ0n) is 9.50. The molecule has 0 aliphatic heterocycles. The fourth-order valence-corrected chi connectivity index (χ4v) is 1.93. The molecule has 1 atom stereocenters. The Kier molecular flexibility index (Phi) is 3.91. The lowest BCUT2D eigenvalue weighted by atomic mass is 10.4. The van der Waals surface area contributed by atoms with Gasteiger partial charge in [0.05, 0.1) is 7.11 Å².